The van der Waals surface area contributed by atoms with E-state index >= 15 is 0 Å². The monoisotopic (exact) mass is 267 g/mol. The lowest BCUT2D eigenvalue weighted by Crippen LogP contribution is -2.13. The van der Waals surface area contributed by atoms with Crippen LogP contribution in [0.3, 0.4) is 0 Å². The number of carbonyl (C=O) groups excluding carboxylic acids is 1. The zero-order valence-electron chi connectivity index (χ0n) is 10.8. The van der Waals surface area contributed by atoms with E-state index in [1.165, 1.54) is 0 Å². The summed E-state index contributed by atoms with van der Waals surface area (Å²) in [7, 11) is 0. The van der Waals surface area contributed by atoms with Gasteiger partial charge < -0.3 is 10.6 Å². The van der Waals surface area contributed by atoms with Crippen molar-refractivity contribution in [3.8, 4) is 11.9 Å². The smallest absolute Gasteiger partial charge is 0.221 e. The van der Waals surface area contributed by atoms with Crippen LogP contribution in [-0.4, -0.2) is 20.6 Å². The van der Waals surface area contributed by atoms with Crippen LogP contribution < -0.4 is 5.73 Å². The molecule has 0 saturated carbocycles. The van der Waals surface area contributed by atoms with E-state index in [-0.39, 0.29) is 12.3 Å². The third-order valence-electron chi connectivity index (χ3n) is 3.36. The molecule has 1 aliphatic heterocycles. The summed E-state index contributed by atoms with van der Waals surface area (Å²) in [5.74, 6) is -0.345. The van der Waals surface area contributed by atoms with E-state index in [9.17, 15) is 4.79 Å². The number of benzene rings is 1. The molecular formula is C14H13N5O. The molecule has 6 nitrogen and oxygen atoms in total. The normalized spacial score (nSPS) is 13.1. The summed E-state index contributed by atoms with van der Waals surface area (Å²) in [4.78, 5) is 12.6. The van der Waals surface area contributed by atoms with Gasteiger partial charge in [-0.3, -0.25) is 4.79 Å². The molecule has 2 heterocycles. The zero-order valence-corrected chi connectivity index (χ0v) is 10.8. The van der Waals surface area contributed by atoms with E-state index < -0.39 is 0 Å². The Balaban J connectivity index is 1.88. The van der Waals surface area contributed by atoms with Crippen LogP contribution in [0.2, 0.25) is 0 Å². The average molecular weight is 267 g/mol. The summed E-state index contributed by atoms with van der Waals surface area (Å²) in [6.07, 6.45) is 4.18. The topological polar surface area (TPSA) is 87.9 Å². The number of fused-ring (bicyclic) bond motifs is 1. The van der Waals surface area contributed by atoms with Gasteiger partial charge in [0.05, 0.1) is 37.1 Å². The van der Waals surface area contributed by atoms with Crippen molar-refractivity contribution >= 4 is 5.91 Å². The molecular weight excluding hydrogens is 254 g/mol. The lowest BCUT2D eigenvalue weighted by Gasteiger charge is -2.08. The fraction of sp³-hybridized carbons (Fsp3) is 0.214. The van der Waals surface area contributed by atoms with Crippen molar-refractivity contribution in [2.75, 3.05) is 0 Å². The second kappa shape index (κ2) is 4.70. The Bertz CT molecular complexity index is 695. The van der Waals surface area contributed by atoms with Crippen molar-refractivity contribution in [1.82, 2.24) is 14.7 Å². The minimum Gasteiger partial charge on any atom is -0.369 e. The highest BCUT2D eigenvalue weighted by Crippen LogP contribution is 2.24. The largest absolute Gasteiger partial charge is 0.369 e. The average Bonchev–Trinajstić information content (AvgIpc) is 2.98. The zero-order chi connectivity index (χ0) is 14.1. The maximum atomic E-state index is 10.9. The Hall–Kier alpha value is -2.81. The second-order valence-corrected chi connectivity index (χ2v) is 4.79. The first-order chi connectivity index (χ1) is 9.67. The second-order valence-electron chi connectivity index (χ2n) is 4.79. The molecule has 20 heavy (non-hydrogen) atoms. The molecule has 0 atom stereocenters. The molecule has 0 radical (unpaired) electrons. The van der Waals surface area contributed by atoms with E-state index in [2.05, 4.69) is 11.3 Å². The standard InChI is InChI=1S/C14H13N5O/c15-9-18-7-11-6-17-19(13(11)8-18)12-3-1-10(2-4-12)5-14(16)20/h1-4,6H,5,7-8H2,(H2,16,20). The molecule has 0 spiro atoms. The Morgan fingerprint density at radius 3 is 2.75 bits per heavy atom. The van der Waals surface area contributed by atoms with Crippen LogP contribution in [0.25, 0.3) is 5.69 Å². The van der Waals surface area contributed by atoms with Crippen LogP contribution >= 0.6 is 0 Å². The van der Waals surface area contributed by atoms with E-state index in [0.29, 0.717) is 13.1 Å². The molecule has 0 saturated heterocycles. The van der Waals surface area contributed by atoms with Crippen molar-refractivity contribution in [3.63, 3.8) is 0 Å². The summed E-state index contributed by atoms with van der Waals surface area (Å²) >= 11 is 0. The van der Waals surface area contributed by atoms with Crippen molar-refractivity contribution in [3.05, 3.63) is 47.3 Å². The van der Waals surface area contributed by atoms with Gasteiger partial charge in [0, 0.05) is 5.56 Å². The summed E-state index contributed by atoms with van der Waals surface area (Å²) in [5.41, 5.74) is 9.08. The fourth-order valence-electron chi connectivity index (χ4n) is 2.40. The van der Waals surface area contributed by atoms with Crippen LogP contribution in [-0.2, 0) is 24.3 Å². The number of carbonyl (C=O) groups is 1. The van der Waals surface area contributed by atoms with Gasteiger partial charge in [-0.15, -0.1) is 0 Å². The van der Waals surface area contributed by atoms with Crippen LogP contribution in [0.1, 0.15) is 16.8 Å². The summed E-state index contributed by atoms with van der Waals surface area (Å²) in [6.45, 7) is 1.19. The molecule has 6 heteroatoms. The van der Waals surface area contributed by atoms with Crippen molar-refractivity contribution < 1.29 is 4.79 Å². The molecule has 0 unspecified atom stereocenters. The molecule has 100 valence electrons. The lowest BCUT2D eigenvalue weighted by atomic mass is 10.1. The van der Waals surface area contributed by atoms with E-state index in [0.717, 1.165) is 22.5 Å². The van der Waals surface area contributed by atoms with Gasteiger partial charge >= 0.3 is 0 Å². The predicted molar refractivity (Wildman–Crippen MR) is 71.3 cm³/mol. The predicted octanol–water partition coefficient (Wildman–Crippen LogP) is 0.697. The molecule has 2 aromatic rings. The first-order valence-corrected chi connectivity index (χ1v) is 6.25. The highest BCUT2D eigenvalue weighted by Gasteiger charge is 2.23. The number of primary amides is 1. The molecule has 3 rings (SSSR count). The fourth-order valence-corrected chi connectivity index (χ4v) is 2.40. The first-order valence-electron chi connectivity index (χ1n) is 6.25. The third-order valence-corrected chi connectivity index (χ3v) is 3.36. The van der Waals surface area contributed by atoms with Crippen LogP contribution in [0.5, 0.6) is 0 Å². The van der Waals surface area contributed by atoms with E-state index in [1.807, 2.05) is 28.9 Å². The van der Waals surface area contributed by atoms with Crippen molar-refractivity contribution in [1.29, 1.82) is 5.26 Å². The Kier molecular flexibility index (Phi) is 2.88. The van der Waals surface area contributed by atoms with Crippen LogP contribution in [0.4, 0.5) is 0 Å². The maximum absolute atomic E-state index is 10.9. The van der Waals surface area contributed by atoms with E-state index in [1.54, 1.807) is 11.1 Å². The third kappa shape index (κ3) is 2.10. The highest BCUT2D eigenvalue weighted by molar-refractivity contribution is 5.76. The van der Waals surface area contributed by atoms with Gasteiger partial charge in [0.1, 0.15) is 0 Å². The molecule has 0 bridgehead atoms. The Morgan fingerprint density at radius 1 is 1.35 bits per heavy atom. The number of hydrogen-bond acceptors (Lipinski definition) is 4. The maximum Gasteiger partial charge on any atom is 0.221 e. The van der Waals surface area contributed by atoms with Gasteiger partial charge in [0.2, 0.25) is 5.91 Å². The molecule has 1 aliphatic rings. The van der Waals surface area contributed by atoms with Gasteiger partial charge in [-0.2, -0.15) is 10.4 Å². The number of rotatable bonds is 3. The number of amides is 1. The van der Waals surface area contributed by atoms with Crippen LogP contribution in [0, 0.1) is 11.5 Å². The molecule has 0 fully saturated rings. The Labute approximate surface area is 116 Å². The van der Waals surface area contributed by atoms with Gasteiger partial charge in [0.25, 0.3) is 0 Å². The lowest BCUT2D eigenvalue weighted by molar-refractivity contribution is -0.117. The number of nitrogens with zero attached hydrogens (tertiary/aromatic N) is 4. The van der Waals surface area contributed by atoms with Crippen molar-refractivity contribution in [2.45, 2.75) is 19.5 Å². The molecule has 1 aromatic carbocycles. The summed E-state index contributed by atoms with van der Waals surface area (Å²) < 4.78 is 1.83. The SMILES string of the molecule is N#CN1Cc2cnn(-c3ccc(CC(N)=O)cc3)c2C1. The van der Waals surface area contributed by atoms with Gasteiger partial charge in [-0.1, -0.05) is 12.1 Å². The number of hydrogen-bond donors (Lipinski definition) is 1. The van der Waals surface area contributed by atoms with Gasteiger partial charge in [-0.05, 0) is 17.7 Å². The summed E-state index contributed by atoms with van der Waals surface area (Å²) in [6, 6.07) is 7.54. The number of nitrogens with two attached hydrogens (primary N) is 1. The van der Waals surface area contributed by atoms with Gasteiger partial charge in [-0.25, -0.2) is 4.68 Å². The first kappa shape index (κ1) is 12.2. The Morgan fingerprint density at radius 2 is 2.10 bits per heavy atom. The van der Waals surface area contributed by atoms with Crippen LogP contribution in [0.15, 0.2) is 30.5 Å². The van der Waals surface area contributed by atoms with Gasteiger partial charge in [0.15, 0.2) is 6.19 Å². The number of nitriles is 1. The van der Waals surface area contributed by atoms with Crippen molar-refractivity contribution in [2.24, 2.45) is 5.73 Å². The highest BCUT2D eigenvalue weighted by atomic mass is 16.1. The number of aromatic nitrogens is 2. The molecule has 2 N–H and O–H groups in total. The minimum atomic E-state index is -0.345. The molecule has 1 amide bonds. The molecule has 0 aliphatic carbocycles. The molecule has 1 aromatic heterocycles. The quantitative estimate of drug-likeness (QED) is 0.829. The summed E-state index contributed by atoms with van der Waals surface area (Å²) in [5, 5.41) is 13.3. The minimum absolute atomic E-state index is 0.236. The van der Waals surface area contributed by atoms with E-state index in [4.69, 9.17) is 11.0 Å².